The van der Waals surface area contributed by atoms with E-state index in [1.54, 1.807) is 11.3 Å². The largest absolute Gasteiger partial charge is 0.312 e. The lowest BCUT2D eigenvalue weighted by Gasteiger charge is -2.02. The van der Waals surface area contributed by atoms with E-state index in [2.05, 4.69) is 35.2 Å². The molecule has 0 saturated carbocycles. The van der Waals surface area contributed by atoms with Crippen molar-refractivity contribution in [1.29, 1.82) is 0 Å². The number of nitrogens with zero attached hydrogens (tertiary/aromatic N) is 2. The number of pyridine rings is 1. The second kappa shape index (κ2) is 6.61. The van der Waals surface area contributed by atoms with Gasteiger partial charge in [-0.1, -0.05) is 19.9 Å². The Morgan fingerprint density at radius 3 is 2.94 bits per heavy atom. The molecule has 1 N–H and O–H groups in total. The molecule has 2 aromatic heterocycles. The Morgan fingerprint density at radius 1 is 1.28 bits per heavy atom. The number of thiazole rings is 1. The van der Waals surface area contributed by atoms with Crippen LogP contribution >= 0.6 is 11.3 Å². The first kappa shape index (κ1) is 13.2. The predicted octanol–water partition coefficient (Wildman–Crippen LogP) is 3.27. The van der Waals surface area contributed by atoms with Crippen LogP contribution in [0.25, 0.3) is 10.7 Å². The van der Waals surface area contributed by atoms with Gasteiger partial charge in [-0.25, -0.2) is 4.98 Å². The highest BCUT2D eigenvalue weighted by Crippen LogP contribution is 2.26. The molecule has 0 aliphatic rings. The topological polar surface area (TPSA) is 37.8 Å². The van der Waals surface area contributed by atoms with Gasteiger partial charge in [0.2, 0.25) is 0 Å². The van der Waals surface area contributed by atoms with Crippen LogP contribution in [0.2, 0.25) is 0 Å². The molecule has 0 aliphatic carbocycles. The van der Waals surface area contributed by atoms with Crippen molar-refractivity contribution in [3.63, 3.8) is 0 Å². The van der Waals surface area contributed by atoms with E-state index in [1.165, 1.54) is 10.4 Å². The zero-order chi connectivity index (χ0) is 12.8. The van der Waals surface area contributed by atoms with Gasteiger partial charge in [-0.15, -0.1) is 11.3 Å². The second-order valence-electron chi connectivity index (χ2n) is 4.17. The molecule has 0 aromatic carbocycles. The van der Waals surface area contributed by atoms with Gasteiger partial charge >= 0.3 is 0 Å². The number of aromatic nitrogens is 2. The molecular formula is C14H19N3S. The van der Waals surface area contributed by atoms with E-state index in [-0.39, 0.29) is 0 Å². The zero-order valence-corrected chi connectivity index (χ0v) is 11.8. The second-order valence-corrected chi connectivity index (χ2v) is 5.29. The third-order valence-electron chi connectivity index (χ3n) is 2.75. The minimum Gasteiger partial charge on any atom is -0.312 e. The van der Waals surface area contributed by atoms with Crippen LogP contribution in [0.1, 0.15) is 30.7 Å². The molecule has 0 amide bonds. The molecule has 0 radical (unpaired) electrons. The van der Waals surface area contributed by atoms with Gasteiger partial charge in [0.25, 0.3) is 0 Å². The van der Waals surface area contributed by atoms with Crippen molar-refractivity contribution < 1.29 is 0 Å². The first-order chi connectivity index (χ1) is 8.85. The Bertz CT molecular complexity index is 493. The molecular weight excluding hydrogens is 242 g/mol. The summed E-state index contributed by atoms with van der Waals surface area (Å²) >= 11 is 1.73. The highest BCUT2D eigenvalue weighted by molar-refractivity contribution is 7.15. The lowest BCUT2D eigenvalue weighted by atomic mass is 10.1. The van der Waals surface area contributed by atoms with Gasteiger partial charge in [0.05, 0.1) is 0 Å². The number of hydrogen-bond acceptors (Lipinski definition) is 4. The Kier molecular flexibility index (Phi) is 4.84. The van der Waals surface area contributed by atoms with Crippen molar-refractivity contribution in [3.05, 3.63) is 35.0 Å². The molecule has 0 fully saturated rings. The van der Waals surface area contributed by atoms with Crippen molar-refractivity contribution in [2.45, 2.75) is 33.2 Å². The summed E-state index contributed by atoms with van der Waals surface area (Å²) in [5.74, 6) is 0. The normalized spacial score (nSPS) is 10.8. The van der Waals surface area contributed by atoms with Crippen LogP contribution in [0, 0.1) is 0 Å². The monoisotopic (exact) mass is 261 g/mol. The maximum Gasteiger partial charge on any atom is 0.142 e. The summed E-state index contributed by atoms with van der Waals surface area (Å²) in [5.41, 5.74) is 2.30. The van der Waals surface area contributed by atoms with Crippen LogP contribution in [-0.4, -0.2) is 16.5 Å². The molecule has 2 rings (SSSR count). The summed E-state index contributed by atoms with van der Waals surface area (Å²) in [6, 6.07) is 4.11. The smallest absolute Gasteiger partial charge is 0.142 e. The third-order valence-corrected chi connectivity index (χ3v) is 3.76. The van der Waals surface area contributed by atoms with Gasteiger partial charge in [0.15, 0.2) is 0 Å². The van der Waals surface area contributed by atoms with Crippen molar-refractivity contribution in [1.82, 2.24) is 15.3 Å². The summed E-state index contributed by atoms with van der Waals surface area (Å²) < 4.78 is 0. The summed E-state index contributed by atoms with van der Waals surface area (Å²) in [4.78, 5) is 10.2. The molecule has 18 heavy (non-hydrogen) atoms. The fraction of sp³-hybridized carbons (Fsp3) is 0.429. The maximum absolute atomic E-state index is 4.49. The first-order valence-electron chi connectivity index (χ1n) is 6.44. The number of aryl methyl sites for hydroxylation is 1. The molecule has 96 valence electrons. The highest BCUT2D eigenvalue weighted by Gasteiger charge is 2.09. The zero-order valence-electron chi connectivity index (χ0n) is 10.9. The highest BCUT2D eigenvalue weighted by atomic mass is 32.1. The quantitative estimate of drug-likeness (QED) is 0.811. The van der Waals surface area contributed by atoms with Gasteiger partial charge < -0.3 is 5.32 Å². The van der Waals surface area contributed by atoms with Crippen molar-refractivity contribution in [2.24, 2.45) is 0 Å². The average Bonchev–Trinajstić information content (AvgIpc) is 2.88. The van der Waals surface area contributed by atoms with Crippen LogP contribution in [-0.2, 0) is 13.0 Å². The summed E-state index contributed by atoms with van der Waals surface area (Å²) in [5, 5.41) is 4.42. The Hall–Kier alpha value is -1.26. The fourth-order valence-electron chi connectivity index (χ4n) is 1.80. The first-order valence-corrected chi connectivity index (χ1v) is 7.26. The Labute approximate surface area is 112 Å². The predicted molar refractivity (Wildman–Crippen MR) is 76.7 cm³/mol. The van der Waals surface area contributed by atoms with Crippen LogP contribution in [0.3, 0.4) is 0 Å². The summed E-state index contributed by atoms with van der Waals surface area (Å²) in [6.45, 7) is 6.28. The van der Waals surface area contributed by atoms with Gasteiger partial charge in [-0.3, -0.25) is 4.98 Å². The van der Waals surface area contributed by atoms with Crippen LogP contribution in [0.15, 0.2) is 24.5 Å². The molecule has 0 spiro atoms. The van der Waals surface area contributed by atoms with E-state index in [0.717, 1.165) is 36.6 Å². The van der Waals surface area contributed by atoms with Crippen LogP contribution < -0.4 is 5.32 Å². The average molecular weight is 261 g/mol. The van der Waals surface area contributed by atoms with Crippen molar-refractivity contribution in [3.8, 4) is 10.7 Å². The van der Waals surface area contributed by atoms with Gasteiger partial charge in [-0.05, 0) is 31.0 Å². The van der Waals surface area contributed by atoms with Crippen molar-refractivity contribution in [2.75, 3.05) is 6.54 Å². The minimum absolute atomic E-state index is 0.903. The number of hydrogen-bond donors (Lipinski definition) is 1. The molecule has 0 atom stereocenters. The molecule has 0 saturated heterocycles. The third kappa shape index (κ3) is 3.15. The lowest BCUT2D eigenvalue weighted by molar-refractivity contribution is 0.681. The maximum atomic E-state index is 4.49. The SMILES string of the molecule is CCCNCc1cnc(-c2ncccc2CC)s1. The van der Waals surface area contributed by atoms with E-state index in [9.17, 15) is 0 Å². The Balaban J connectivity index is 2.13. The molecule has 3 nitrogen and oxygen atoms in total. The summed E-state index contributed by atoms with van der Waals surface area (Å²) in [7, 11) is 0. The minimum atomic E-state index is 0.903. The molecule has 0 unspecified atom stereocenters. The Morgan fingerprint density at radius 2 is 2.17 bits per heavy atom. The van der Waals surface area contributed by atoms with E-state index in [0.29, 0.717) is 0 Å². The van der Waals surface area contributed by atoms with E-state index >= 15 is 0 Å². The van der Waals surface area contributed by atoms with Gasteiger partial charge in [-0.2, -0.15) is 0 Å². The fourth-order valence-corrected chi connectivity index (χ4v) is 2.72. The van der Waals surface area contributed by atoms with E-state index < -0.39 is 0 Å². The number of nitrogens with one attached hydrogen (secondary N) is 1. The molecule has 2 aromatic rings. The van der Waals surface area contributed by atoms with Crippen molar-refractivity contribution >= 4 is 11.3 Å². The van der Waals surface area contributed by atoms with Crippen LogP contribution in [0.5, 0.6) is 0 Å². The van der Waals surface area contributed by atoms with Crippen LogP contribution in [0.4, 0.5) is 0 Å². The van der Waals surface area contributed by atoms with E-state index in [1.807, 2.05) is 18.5 Å². The molecule has 2 heterocycles. The van der Waals surface area contributed by atoms with Gasteiger partial charge in [0.1, 0.15) is 10.7 Å². The number of rotatable bonds is 6. The molecule has 4 heteroatoms. The van der Waals surface area contributed by atoms with E-state index in [4.69, 9.17) is 0 Å². The van der Waals surface area contributed by atoms with Gasteiger partial charge in [0, 0.05) is 23.8 Å². The standard InChI is InChI=1S/C14H19N3S/c1-3-7-15-9-12-10-17-14(18-12)13-11(4-2)6-5-8-16-13/h5-6,8,10,15H,3-4,7,9H2,1-2H3. The molecule has 0 bridgehead atoms. The lowest BCUT2D eigenvalue weighted by Crippen LogP contribution is -2.12. The molecule has 0 aliphatic heterocycles. The summed E-state index contributed by atoms with van der Waals surface area (Å²) in [6.07, 6.45) is 5.94.